The van der Waals surface area contributed by atoms with E-state index in [1.807, 2.05) is 0 Å². The van der Waals surface area contributed by atoms with Crippen LogP contribution >= 0.6 is 15.9 Å². The van der Waals surface area contributed by atoms with E-state index in [1.165, 1.54) is 37.9 Å². The molecule has 96 valence electrons. The third-order valence-corrected chi connectivity index (χ3v) is 4.53. The van der Waals surface area contributed by atoms with E-state index >= 15 is 0 Å². The Bertz CT molecular complexity index is 938. The number of hydrogen-bond acceptors (Lipinski definition) is 0. The summed E-state index contributed by atoms with van der Waals surface area (Å²) in [7, 11) is 0. The molecule has 0 saturated carbocycles. The van der Waals surface area contributed by atoms with Gasteiger partial charge in [0.05, 0.1) is 0 Å². The first kappa shape index (κ1) is 11.9. The smallest absolute Gasteiger partial charge is 0.0283 e. The fourth-order valence-electron chi connectivity index (χ4n) is 2.82. The second-order valence-corrected chi connectivity index (χ2v) is 5.77. The zero-order chi connectivity index (χ0) is 13.5. The molecular formula is C19H13Br. The van der Waals surface area contributed by atoms with Gasteiger partial charge in [-0.3, -0.25) is 0 Å². The topological polar surface area (TPSA) is 0 Å². The summed E-state index contributed by atoms with van der Waals surface area (Å²) >= 11 is 3.53. The lowest BCUT2D eigenvalue weighted by molar-refractivity contribution is 1.47. The molecule has 0 nitrogen and oxygen atoms in total. The van der Waals surface area contributed by atoms with Crippen molar-refractivity contribution >= 4 is 48.2 Å². The van der Waals surface area contributed by atoms with Crippen molar-refractivity contribution < 1.29 is 0 Å². The van der Waals surface area contributed by atoms with Gasteiger partial charge in [-0.05, 0) is 62.1 Å². The minimum atomic E-state index is 0.901. The molecule has 0 aliphatic heterocycles. The highest BCUT2D eigenvalue weighted by molar-refractivity contribution is 9.08. The molecule has 0 aromatic heterocycles. The Balaban J connectivity index is 2.09. The molecule has 0 bridgehead atoms. The van der Waals surface area contributed by atoms with Crippen LogP contribution in [0.25, 0.3) is 32.3 Å². The van der Waals surface area contributed by atoms with Crippen LogP contribution in [0.5, 0.6) is 0 Å². The number of halogens is 1. The van der Waals surface area contributed by atoms with E-state index in [9.17, 15) is 0 Å². The Morgan fingerprint density at radius 1 is 0.550 bits per heavy atom. The molecule has 0 radical (unpaired) electrons. The van der Waals surface area contributed by atoms with Crippen molar-refractivity contribution in [1.29, 1.82) is 0 Å². The molecule has 20 heavy (non-hydrogen) atoms. The number of rotatable bonds is 1. The van der Waals surface area contributed by atoms with Crippen LogP contribution in [0, 0.1) is 0 Å². The molecule has 0 atom stereocenters. The van der Waals surface area contributed by atoms with Crippen molar-refractivity contribution in [3.63, 3.8) is 0 Å². The molecule has 0 N–H and O–H groups in total. The molecule has 4 rings (SSSR count). The molecule has 4 aromatic rings. The maximum Gasteiger partial charge on any atom is 0.0283 e. The maximum atomic E-state index is 3.53. The lowest BCUT2D eigenvalue weighted by Gasteiger charge is -2.06. The van der Waals surface area contributed by atoms with Crippen LogP contribution < -0.4 is 0 Å². The minimum absolute atomic E-state index is 0.901. The van der Waals surface area contributed by atoms with Gasteiger partial charge in [-0.15, -0.1) is 0 Å². The van der Waals surface area contributed by atoms with Gasteiger partial charge in [0.2, 0.25) is 0 Å². The molecule has 0 saturated heterocycles. The number of fused-ring (bicyclic) bond motifs is 3. The predicted molar refractivity (Wildman–Crippen MR) is 91.6 cm³/mol. The quantitative estimate of drug-likeness (QED) is 0.296. The van der Waals surface area contributed by atoms with E-state index in [1.54, 1.807) is 0 Å². The van der Waals surface area contributed by atoms with E-state index in [-0.39, 0.29) is 0 Å². The van der Waals surface area contributed by atoms with Gasteiger partial charge in [0.15, 0.2) is 0 Å². The van der Waals surface area contributed by atoms with E-state index in [0.29, 0.717) is 0 Å². The SMILES string of the molecule is BrCc1ccc2cc3cc4ccccc4cc3cc2c1. The summed E-state index contributed by atoms with van der Waals surface area (Å²) in [5.41, 5.74) is 1.32. The molecule has 0 heterocycles. The lowest BCUT2D eigenvalue weighted by Crippen LogP contribution is -1.81. The Labute approximate surface area is 126 Å². The zero-order valence-electron chi connectivity index (χ0n) is 10.9. The Hall–Kier alpha value is -1.86. The summed E-state index contributed by atoms with van der Waals surface area (Å²) in [6.07, 6.45) is 0. The third kappa shape index (κ3) is 1.90. The van der Waals surface area contributed by atoms with Crippen LogP contribution in [0.2, 0.25) is 0 Å². The Kier molecular flexibility index (Phi) is 2.75. The molecule has 0 aliphatic carbocycles. The number of alkyl halides is 1. The Morgan fingerprint density at radius 3 is 1.65 bits per heavy atom. The summed E-state index contributed by atoms with van der Waals surface area (Å²) < 4.78 is 0. The maximum absolute atomic E-state index is 3.53. The molecule has 1 heteroatoms. The van der Waals surface area contributed by atoms with Crippen LogP contribution in [0.1, 0.15) is 5.56 Å². The first-order valence-electron chi connectivity index (χ1n) is 6.75. The van der Waals surface area contributed by atoms with Gasteiger partial charge in [-0.1, -0.05) is 58.4 Å². The van der Waals surface area contributed by atoms with Crippen LogP contribution in [-0.2, 0) is 5.33 Å². The minimum Gasteiger partial charge on any atom is -0.0876 e. The molecule has 4 aromatic carbocycles. The van der Waals surface area contributed by atoms with E-state index < -0.39 is 0 Å². The van der Waals surface area contributed by atoms with Crippen molar-refractivity contribution in [2.24, 2.45) is 0 Å². The summed E-state index contributed by atoms with van der Waals surface area (Å²) in [4.78, 5) is 0. The highest BCUT2D eigenvalue weighted by Crippen LogP contribution is 2.28. The molecule has 0 fully saturated rings. The number of hydrogen-bond donors (Lipinski definition) is 0. The van der Waals surface area contributed by atoms with Gasteiger partial charge in [0.25, 0.3) is 0 Å². The van der Waals surface area contributed by atoms with Crippen molar-refractivity contribution in [2.75, 3.05) is 0 Å². The van der Waals surface area contributed by atoms with Gasteiger partial charge in [-0.25, -0.2) is 0 Å². The standard InChI is InChI=1S/C19H13Br/c20-12-13-5-6-16-10-18-8-14-3-1-2-4-15(14)9-19(18)11-17(16)7-13/h1-11H,12H2. The number of benzene rings is 4. The summed E-state index contributed by atoms with van der Waals surface area (Å²) in [5.74, 6) is 0. The van der Waals surface area contributed by atoms with Crippen molar-refractivity contribution in [2.45, 2.75) is 5.33 Å². The second-order valence-electron chi connectivity index (χ2n) is 5.21. The largest absolute Gasteiger partial charge is 0.0876 e. The van der Waals surface area contributed by atoms with E-state index in [0.717, 1.165) is 5.33 Å². The molecule has 0 unspecified atom stereocenters. The average Bonchev–Trinajstić information content (AvgIpc) is 2.50. The zero-order valence-corrected chi connectivity index (χ0v) is 12.5. The monoisotopic (exact) mass is 320 g/mol. The first-order valence-corrected chi connectivity index (χ1v) is 7.87. The van der Waals surface area contributed by atoms with Gasteiger partial charge in [0, 0.05) is 5.33 Å². The van der Waals surface area contributed by atoms with E-state index in [4.69, 9.17) is 0 Å². The highest BCUT2D eigenvalue weighted by Gasteiger charge is 2.01. The van der Waals surface area contributed by atoms with Crippen LogP contribution in [-0.4, -0.2) is 0 Å². The van der Waals surface area contributed by atoms with Gasteiger partial charge >= 0.3 is 0 Å². The first-order chi connectivity index (χ1) is 9.83. The van der Waals surface area contributed by atoms with Crippen molar-refractivity contribution in [3.05, 3.63) is 72.3 Å². The van der Waals surface area contributed by atoms with Gasteiger partial charge in [-0.2, -0.15) is 0 Å². The van der Waals surface area contributed by atoms with E-state index in [2.05, 4.69) is 82.7 Å². The summed E-state index contributed by atoms with van der Waals surface area (Å²) in [6.45, 7) is 0. The van der Waals surface area contributed by atoms with Crippen molar-refractivity contribution in [1.82, 2.24) is 0 Å². The van der Waals surface area contributed by atoms with Gasteiger partial charge < -0.3 is 0 Å². The molecular weight excluding hydrogens is 308 g/mol. The Morgan fingerprint density at radius 2 is 1.05 bits per heavy atom. The molecule has 0 amide bonds. The summed E-state index contributed by atoms with van der Waals surface area (Å²) in [6, 6.07) is 24.3. The predicted octanol–water partition coefficient (Wildman–Crippen LogP) is 6.04. The summed E-state index contributed by atoms with van der Waals surface area (Å²) in [5, 5.41) is 8.74. The van der Waals surface area contributed by atoms with Crippen LogP contribution in [0.4, 0.5) is 0 Å². The fraction of sp³-hybridized carbons (Fsp3) is 0.0526. The average molecular weight is 321 g/mol. The second kappa shape index (κ2) is 4.60. The van der Waals surface area contributed by atoms with Crippen molar-refractivity contribution in [3.8, 4) is 0 Å². The lowest BCUT2D eigenvalue weighted by atomic mass is 9.99. The van der Waals surface area contributed by atoms with Crippen LogP contribution in [0.15, 0.2) is 66.7 Å². The third-order valence-electron chi connectivity index (χ3n) is 3.88. The van der Waals surface area contributed by atoms with Gasteiger partial charge in [0.1, 0.15) is 0 Å². The highest BCUT2D eigenvalue weighted by atomic mass is 79.9. The normalized spacial score (nSPS) is 11.4. The molecule has 0 aliphatic rings. The van der Waals surface area contributed by atoms with Crippen LogP contribution in [0.3, 0.4) is 0 Å². The molecule has 0 spiro atoms. The fourth-order valence-corrected chi connectivity index (χ4v) is 3.17.